The number of rotatable bonds is 3. The standard InChI is InChI=1S/C13H8BrCl2NOS/c14-10-2-1-3-11(12(10)13(17)19)18-9-5-7(15)4-8(16)6-9/h1-6H,(H2,17,19). The Morgan fingerprint density at radius 3 is 2.37 bits per heavy atom. The van der Waals surface area contributed by atoms with Gasteiger partial charge in [0.15, 0.2) is 0 Å². The molecule has 0 aromatic heterocycles. The second-order valence-electron chi connectivity index (χ2n) is 3.68. The van der Waals surface area contributed by atoms with Gasteiger partial charge >= 0.3 is 0 Å². The molecule has 0 spiro atoms. The number of ether oxygens (including phenoxy) is 1. The summed E-state index contributed by atoms with van der Waals surface area (Å²) in [6.45, 7) is 0. The monoisotopic (exact) mass is 375 g/mol. The Hall–Kier alpha value is -0.810. The van der Waals surface area contributed by atoms with Gasteiger partial charge in [-0.05, 0) is 46.3 Å². The molecule has 0 aliphatic heterocycles. The van der Waals surface area contributed by atoms with Gasteiger partial charge in [0.1, 0.15) is 16.5 Å². The average molecular weight is 377 g/mol. The number of halogens is 3. The van der Waals surface area contributed by atoms with Gasteiger partial charge in [0.25, 0.3) is 0 Å². The molecular formula is C13H8BrCl2NOS. The average Bonchev–Trinajstić information content (AvgIpc) is 2.26. The van der Waals surface area contributed by atoms with Crippen LogP contribution in [-0.2, 0) is 0 Å². The highest BCUT2D eigenvalue weighted by atomic mass is 79.9. The Labute approximate surface area is 134 Å². The number of benzene rings is 2. The smallest absolute Gasteiger partial charge is 0.138 e. The van der Waals surface area contributed by atoms with E-state index in [1.54, 1.807) is 24.3 Å². The molecule has 0 saturated heterocycles. The molecule has 2 rings (SSSR count). The van der Waals surface area contributed by atoms with E-state index >= 15 is 0 Å². The molecule has 2 aromatic rings. The lowest BCUT2D eigenvalue weighted by atomic mass is 10.2. The zero-order valence-electron chi connectivity index (χ0n) is 9.49. The first-order valence-corrected chi connectivity index (χ1v) is 7.15. The van der Waals surface area contributed by atoms with Gasteiger partial charge in [-0.25, -0.2) is 0 Å². The quantitative estimate of drug-likeness (QED) is 0.749. The summed E-state index contributed by atoms with van der Waals surface area (Å²) < 4.78 is 6.52. The van der Waals surface area contributed by atoms with Crippen molar-refractivity contribution in [2.45, 2.75) is 0 Å². The largest absolute Gasteiger partial charge is 0.456 e. The lowest BCUT2D eigenvalue weighted by molar-refractivity contribution is 0.481. The molecule has 0 heterocycles. The van der Waals surface area contributed by atoms with Gasteiger partial charge in [-0.3, -0.25) is 0 Å². The molecule has 2 nitrogen and oxygen atoms in total. The van der Waals surface area contributed by atoms with Crippen LogP contribution in [0.2, 0.25) is 10.0 Å². The van der Waals surface area contributed by atoms with Crippen molar-refractivity contribution >= 4 is 56.3 Å². The van der Waals surface area contributed by atoms with Crippen LogP contribution in [0.3, 0.4) is 0 Å². The molecule has 0 aliphatic rings. The van der Waals surface area contributed by atoms with Crippen LogP contribution < -0.4 is 10.5 Å². The molecule has 98 valence electrons. The molecule has 0 unspecified atom stereocenters. The number of hydrogen-bond acceptors (Lipinski definition) is 2. The molecule has 19 heavy (non-hydrogen) atoms. The van der Waals surface area contributed by atoms with Gasteiger partial charge in [0, 0.05) is 14.5 Å². The zero-order valence-corrected chi connectivity index (χ0v) is 13.4. The van der Waals surface area contributed by atoms with Gasteiger partial charge < -0.3 is 10.5 Å². The van der Waals surface area contributed by atoms with Crippen LogP contribution >= 0.6 is 51.3 Å². The van der Waals surface area contributed by atoms with E-state index < -0.39 is 0 Å². The molecule has 2 N–H and O–H groups in total. The second-order valence-corrected chi connectivity index (χ2v) is 5.85. The highest BCUT2D eigenvalue weighted by molar-refractivity contribution is 9.10. The van der Waals surface area contributed by atoms with Gasteiger partial charge in [0.2, 0.25) is 0 Å². The molecular weight excluding hydrogens is 369 g/mol. The number of thiocarbonyl (C=S) groups is 1. The first kappa shape index (κ1) is 14.6. The SMILES string of the molecule is NC(=S)c1c(Br)cccc1Oc1cc(Cl)cc(Cl)c1. The third-order valence-electron chi connectivity index (χ3n) is 2.29. The van der Waals surface area contributed by atoms with Crippen molar-refractivity contribution in [2.24, 2.45) is 5.73 Å². The lowest BCUT2D eigenvalue weighted by Crippen LogP contribution is -2.11. The van der Waals surface area contributed by atoms with Crippen LogP contribution in [-0.4, -0.2) is 4.99 Å². The van der Waals surface area contributed by atoms with Crippen LogP contribution in [0.4, 0.5) is 0 Å². The molecule has 0 saturated carbocycles. The van der Waals surface area contributed by atoms with Crippen LogP contribution in [0.25, 0.3) is 0 Å². The van der Waals surface area contributed by atoms with E-state index in [9.17, 15) is 0 Å². The fraction of sp³-hybridized carbons (Fsp3) is 0. The summed E-state index contributed by atoms with van der Waals surface area (Å²) in [4.78, 5) is 0.246. The second kappa shape index (κ2) is 6.09. The highest BCUT2D eigenvalue weighted by Gasteiger charge is 2.12. The lowest BCUT2D eigenvalue weighted by Gasteiger charge is -2.12. The van der Waals surface area contributed by atoms with Crippen molar-refractivity contribution in [3.05, 3.63) is 56.5 Å². The van der Waals surface area contributed by atoms with E-state index in [0.29, 0.717) is 27.1 Å². The predicted octanol–water partition coefficient (Wildman–Crippen LogP) is 5.18. The highest BCUT2D eigenvalue weighted by Crippen LogP contribution is 2.33. The molecule has 0 atom stereocenters. The van der Waals surface area contributed by atoms with Crippen molar-refractivity contribution in [2.75, 3.05) is 0 Å². The fourth-order valence-corrected chi connectivity index (χ4v) is 2.95. The molecule has 0 aliphatic carbocycles. The van der Waals surface area contributed by atoms with Gasteiger partial charge in [-0.15, -0.1) is 0 Å². The van der Waals surface area contributed by atoms with E-state index in [2.05, 4.69) is 15.9 Å². The van der Waals surface area contributed by atoms with Crippen molar-refractivity contribution in [1.29, 1.82) is 0 Å². The van der Waals surface area contributed by atoms with Crippen molar-refractivity contribution in [3.63, 3.8) is 0 Å². The first-order chi connectivity index (χ1) is 8.97. The maximum Gasteiger partial charge on any atom is 0.138 e. The van der Waals surface area contributed by atoms with Gasteiger partial charge in [0.05, 0.1) is 5.56 Å². The van der Waals surface area contributed by atoms with Gasteiger partial charge in [-0.1, -0.05) is 41.5 Å². The summed E-state index contributed by atoms with van der Waals surface area (Å²) >= 11 is 20.3. The zero-order chi connectivity index (χ0) is 14.0. The third-order valence-corrected chi connectivity index (χ3v) is 3.59. The summed E-state index contributed by atoms with van der Waals surface area (Å²) in [7, 11) is 0. The predicted molar refractivity (Wildman–Crippen MR) is 86.6 cm³/mol. The normalized spacial score (nSPS) is 10.3. The van der Waals surface area contributed by atoms with Crippen molar-refractivity contribution in [3.8, 4) is 11.5 Å². The molecule has 0 radical (unpaired) electrons. The summed E-state index contributed by atoms with van der Waals surface area (Å²) in [5, 5.41) is 0.990. The first-order valence-electron chi connectivity index (χ1n) is 5.19. The topological polar surface area (TPSA) is 35.2 Å². The van der Waals surface area contributed by atoms with Crippen molar-refractivity contribution in [1.82, 2.24) is 0 Å². The minimum absolute atomic E-state index is 0.246. The van der Waals surface area contributed by atoms with E-state index in [4.69, 9.17) is 45.9 Å². The summed E-state index contributed by atoms with van der Waals surface area (Å²) in [5.41, 5.74) is 6.33. The van der Waals surface area contributed by atoms with Crippen LogP contribution in [0.1, 0.15) is 5.56 Å². The molecule has 6 heteroatoms. The summed E-state index contributed by atoms with van der Waals surface area (Å²) in [6.07, 6.45) is 0. The van der Waals surface area contributed by atoms with E-state index in [1.807, 2.05) is 12.1 Å². The summed E-state index contributed by atoms with van der Waals surface area (Å²) in [5.74, 6) is 1.06. The maximum atomic E-state index is 5.93. The Kier molecular flexibility index (Phi) is 4.68. The van der Waals surface area contributed by atoms with Crippen LogP contribution in [0.15, 0.2) is 40.9 Å². The molecule has 0 amide bonds. The minimum atomic E-state index is 0.246. The van der Waals surface area contributed by atoms with Crippen LogP contribution in [0.5, 0.6) is 11.5 Å². The third kappa shape index (κ3) is 3.60. The van der Waals surface area contributed by atoms with Crippen LogP contribution in [0, 0.1) is 0 Å². The molecule has 0 bridgehead atoms. The molecule has 2 aromatic carbocycles. The Morgan fingerprint density at radius 1 is 1.16 bits per heavy atom. The minimum Gasteiger partial charge on any atom is -0.456 e. The number of nitrogens with two attached hydrogens (primary N) is 1. The fourth-order valence-electron chi connectivity index (χ4n) is 1.54. The Bertz CT molecular complexity index is 628. The number of hydrogen-bond donors (Lipinski definition) is 1. The van der Waals surface area contributed by atoms with E-state index in [1.165, 1.54) is 0 Å². The Balaban J connectivity index is 2.43. The van der Waals surface area contributed by atoms with Crippen molar-refractivity contribution < 1.29 is 4.74 Å². The maximum absolute atomic E-state index is 5.93. The molecule has 0 fully saturated rings. The van der Waals surface area contributed by atoms with Gasteiger partial charge in [-0.2, -0.15) is 0 Å². The Morgan fingerprint density at radius 2 is 1.79 bits per heavy atom. The summed E-state index contributed by atoms with van der Waals surface area (Å²) in [6, 6.07) is 10.4. The van der Waals surface area contributed by atoms with E-state index in [0.717, 1.165) is 4.47 Å². The van der Waals surface area contributed by atoms with E-state index in [-0.39, 0.29) is 4.99 Å².